The topological polar surface area (TPSA) is 92.5 Å². The minimum absolute atomic E-state index is 0.0779. The van der Waals surface area contributed by atoms with Crippen molar-refractivity contribution in [2.24, 2.45) is 11.7 Å². The molecule has 0 saturated carbocycles. The van der Waals surface area contributed by atoms with E-state index in [-0.39, 0.29) is 24.0 Å². The van der Waals surface area contributed by atoms with Crippen LogP contribution in [0.4, 0.5) is 0 Å². The summed E-state index contributed by atoms with van der Waals surface area (Å²) in [5, 5.41) is 2.82. The average molecular weight is 311 g/mol. The molecule has 0 aromatic heterocycles. The Morgan fingerprint density at radius 3 is 2.68 bits per heavy atom. The highest BCUT2D eigenvalue weighted by molar-refractivity contribution is 5.90. The van der Waals surface area contributed by atoms with Crippen LogP contribution in [-0.4, -0.2) is 47.7 Å². The van der Waals surface area contributed by atoms with Crippen LogP contribution in [0.25, 0.3) is 0 Å². The van der Waals surface area contributed by atoms with Crippen molar-refractivity contribution in [3.63, 3.8) is 0 Å². The summed E-state index contributed by atoms with van der Waals surface area (Å²) < 4.78 is 0. The van der Waals surface area contributed by atoms with Gasteiger partial charge in [-0.1, -0.05) is 13.8 Å². The summed E-state index contributed by atoms with van der Waals surface area (Å²) in [5.74, 6) is -0.824. The SMILES string of the molecule is CCCN1CC(=O)[C@@H](NC(=O)CC[C@H](C)C(N)=O)CC[C@H]1C. The zero-order valence-electron chi connectivity index (χ0n) is 13.9. The van der Waals surface area contributed by atoms with Gasteiger partial charge >= 0.3 is 0 Å². The molecule has 1 fully saturated rings. The lowest BCUT2D eigenvalue weighted by Crippen LogP contribution is -2.44. The first-order valence-electron chi connectivity index (χ1n) is 8.20. The van der Waals surface area contributed by atoms with E-state index < -0.39 is 11.9 Å². The van der Waals surface area contributed by atoms with Gasteiger partial charge in [-0.2, -0.15) is 0 Å². The van der Waals surface area contributed by atoms with Gasteiger partial charge in [0.15, 0.2) is 5.78 Å². The molecule has 6 heteroatoms. The second-order valence-electron chi connectivity index (χ2n) is 6.33. The minimum Gasteiger partial charge on any atom is -0.369 e. The monoisotopic (exact) mass is 311 g/mol. The number of primary amides is 1. The fraction of sp³-hybridized carbons (Fsp3) is 0.812. The van der Waals surface area contributed by atoms with E-state index in [9.17, 15) is 14.4 Å². The van der Waals surface area contributed by atoms with E-state index >= 15 is 0 Å². The fourth-order valence-corrected chi connectivity index (χ4v) is 2.71. The predicted molar refractivity (Wildman–Crippen MR) is 85.1 cm³/mol. The molecule has 1 aliphatic rings. The number of carbonyl (C=O) groups is 3. The number of hydrogen-bond acceptors (Lipinski definition) is 4. The molecule has 22 heavy (non-hydrogen) atoms. The Balaban J connectivity index is 2.49. The molecule has 0 aromatic carbocycles. The van der Waals surface area contributed by atoms with Gasteiger partial charge in [0.05, 0.1) is 12.6 Å². The summed E-state index contributed by atoms with van der Waals surface area (Å²) in [6, 6.07) is -0.0404. The van der Waals surface area contributed by atoms with E-state index in [0.29, 0.717) is 25.4 Å². The maximum Gasteiger partial charge on any atom is 0.220 e. The van der Waals surface area contributed by atoms with Crippen molar-refractivity contribution in [3.8, 4) is 0 Å². The molecule has 0 aliphatic carbocycles. The summed E-state index contributed by atoms with van der Waals surface area (Å²) >= 11 is 0. The number of Topliss-reactive ketones (excluding diaryl/α,β-unsaturated/α-hetero) is 1. The van der Waals surface area contributed by atoms with Gasteiger partial charge < -0.3 is 11.1 Å². The summed E-state index contributed by atoms with van der Waals surface area (Å²) in [6.45, 7) is 7.24. The van der Waals surface area contributed by atoms with Crippen molar-refractivity contribution >= 4 is 17.6 Å². The lowest BCUT2D eigenvalue weighted by Gasteiger charge is -2.25. The molecule has 2 amide bonds. The second kappa shape index (κ2) is 8.88. The van der Waals surface area contributed by atoms with E-state index in [1.54, 1.807) is 6.92 Å². The van der Waals surface area contributed by atoms with E-state index in [0.717, 1.165) is 19.4 Å². The highest BCUT2D eigenvalue weighted by Gasteiger charge is 2.29. The molecule has 0 spiro atoms. The first kappa shape index (κ1) is 18.6. The van der Waals surface area contributed by atoms with Gasteiger partial charge in [0.1, 0.15) is 0 Å². The number of nitrogens with one attached hydrogen (secondary N) is 1. The van der Waals surface area contributed by atoms with Crippen molar-refractivity contribution in [2.75, 3.05) is 13.1 Å². The summed E-state index contributed by atoms with van der Waals surface area (Å²) in [5.41, 5.74) is 5.18. The Bertz CT molecular complexity index is 411. The normalized spacial score (nSPS) is 24.6. The van der Waals surface area contributed by atoms with Crippen LogP contribution < -0.4 is 11.1 Å². The van der Waals surface area contributed by atoms with Gasteiger partial charge in [-0.05, 0) is 39.2 Å². The number of rotatable bonds is 7. The van der Waals surface area contributed by atoms with E-state index in [4.69, 9.17) is 5.73 Å². The van der Waals surface area contributed by atoms with Gasteiger partial charge in [0.2, 0.25) is 11.8 Å². The summed E-state index contributed by atoms with van der Waals surface area (Å²) in [7, 11) is 0. The standard InChI is InChI=1S/C16H29N3O3/c1-4-9-19-10-14(20)13(7-6-12(19)3)18-15(21)8-5-11(2)16(17)22/h11-13H,4-10H2,1-3H3,(H2,17,22)(H,18,21)/t11-,12+,13-/m0/s1. The van der Waals surface area contributed by atoms with Crippen molar-refractivity contribution in [1.82, 2.24) is 10.2 Å². The first-order valence-corrected chi connectivity index (χ1v) is 8.20. The van der Waals surface area contributed by atoms with Crippen LogP contribution in [0.2, 0.25) is 0 Å². The number of nitrogens with zero attached hydrogens (tertiary/aromatic N) is 1. The molecule has 1 rings (SSSR count). The van der Waals surface area contributed by atoms with E-state index in [2.05, 4.69) is 24.1 Å². The van der Waals surface area contributed by atoms with Crippen LogP contribution in [-0.2, 0) is 14.4 Å². The molecular weight excluding hydrogens is 282 g/mol. The van der Waals surface area contributed by atoms with Crippen molar-refractivity contribution in [3.05, 3.63) is 0 Å². The Morgan fingerprint density at radius 2 is 2.09 bits per heavy atom. The number of likely N-dealkylation sites (tertiary alicyclic amines) is 1. The molecule has 0 unspecified atom stereocenters. The van der Waals surface area contributed by atoms with Crippen molar-refractivity contribution in [1.29, 1.82) is 0 Å². The van der Waals surface area contributed by atoms with E-state index in [1.165, 1.54) is 0 Å². The number of hydrogen-bond donors (Lipinski definition) is 2. The third kappa shape index (κ3) is 5.75. The molecule has 3 atom stereocenters. The smallest absolute Gasteiger partial charge is 0.220 e. The molecule has 6 nitrogen and oxygen atoms in total. The first-order chi connectivity index (χ1) is 10.3. The fourth-order valence-electron chi connectivity index (χ4n) is 2.71. The van der Waals surface area contributed by atoms with Gasteiger partial charge in [0.25, 0.3) is 0 Å². The zero-order valence-corrected chi connectivity index (χ0v) is 13.9. The molecule has 0 radical (unpaired) electrons. The van der Waals surface area contributed by atoms with Crippen LogP contribution in [0.3, 0.4) is 0 Å². The highest BCUT2D eigenvalue weighted by Crippen LogP contribution is 2.16. The third-order valence-electron chi connectivity index (χ3n) is 4.38. The molecule has 0 aromatic rings. The van der Waals surface area contributed by atoms with Gasteiger partial charge in [-0.15, -0.1) is 0 Å². The Labute approximate surface area is 132 Å². The molecule has 126 valence electrons. The molecule has 0 bridgehead atoms. The third-order valence-corrected chi connectivity index (χ3v) is 4.38. The maximum atomic E-state index is 12.3. The summed E-state index contributed by atoms with van der Waals surface area (Å²) in [4.78, 5) is 37.4. The molecule has 1 aliphatic heterocycles. The van der Waals surface area contributed by atoms with Gasteiger partial charge in [-0.3, -0.25) is 19.3 Å². The lowest BCUT2D eigenvalue weighted by atomic mass is 10.0. The van der Waals surface area contributed by atoms with E-state index in [1.807, 2.05) is 0 Å². The van der Waals surface area contributed by atoms with Crippen molar-refractivity contribution in [2.45, 2.75) is 65.0 Å². The average Bonchev–Trinajstić information content (AvgIpc) is 2.58. The van der Waals surface area contributed by atoms with Crippen LogP contribution >= 0.6 is 0 Å². The van der Waals surface area contributed by atoms with Crippen molar-refractivity contribution < 1.29 is 14.4 Å². The van der Waals surface area contributed by atoms with Gasteiger partial charge in [0, 0.05) is 18.4 Å². The van der Waals surface area contributed by atoms with Crippen LogP contribution in [0.1, 0.15) is 52.9 Å². The van der Waals surface area contributed by atoms with Crippen LogP contribution in [0, 0.1) is 5.92 Å². The largest absolute Gasteiger partial charge is 0.369 e. The molecular formula is C16H29N3O3. The molecule has 1 heterocycles. The second-order valence-corrected chi connectivity index (χ2v) is 6.33. The maximum absolute atomic E-state index is 12.3. The Kier molecular flexibility index (Phi) is 7.51. The number of amides is 2. The molecule has 3 N–H and O–H groups in total. The zero-order chi connectivity index (χ0) is 16.7. The van der Waals surface area contributed by atoms with Gasteiger partial charge in [-0.25, -0.2) is 0 Å². The van der Waals surface area contributed by atoms with Crippen LogP contribution in [0.15, 0.2) is 0 Å². The Morgan fingerprint density at radius 1 is 1.41 bits per heavy atom. The predicted octanol–water partition coefficient (Wildman–Crippen LogP) is 0.836. The number of ketones is 1. The summed E-state index contributed by atoms with van der Waals surface area (Å²) in [6.07, 6.45) is 3.23. The highest BCUT2D eigenvalue weighted by atomic mass is 16.2. The number of nitrogens with two attached hydrogens (primary N) is 1. The van der Waals surface area contributed by atoms with Crippen LogP contribution in [0.5, 0.6) is 0 Å². The Hall–Kier alpha value is -1.43. The number of carbonyl (C=O) groups excluding carboxylic acids is 3. The molecule has 1 saturated heterocycles. The lowest BCUT2D eigenvalue weighted by molar-refractivity contribution is -0.128. The minimum atomic E-state index is -0.402. The quantitative estimate of drug-likeness (QED) is 0.728.